The van der Waals surface area contributed by atoms with Gasteiger partial charge in [0.05, 0.1) is 6.10 Å². The highest BCUT2D eigenvalue weighted by molar-refractivity contribution is 6.30. The number of carboxylic acid groups (broad SMARTS) is 1. The zero-order valence-corrected chi connectivity index (χ0v) is 15.3. The third kappa shape index (κ3) is 4.02. The summed E-state index contributed by atoms with van der Waals surface area (Å²) >= 11 is 5.81. The van der Waals surface area contributed by atoms with Crippen LogP contribution in [0.25, 0.3) is 0 Å². The molecule has 0 bridgehead atoms. The quantitative estimate of drug-likeness (QED) is 0.606. The molecular formula is C17H15ClN4O6. The van der Waals surface area contributed by atoms with E-state index in [1.54, 1.807) is 24.3 Å². The Hall–Kier alpha value is -3.24. The number of carbonyl (C=O) groups is 1. The normalized spacial score (nSPS) is 12.1. The molecule has 3 rings (SSSR count). The number of carboxylic acids is 1. The van der Waals surface area contributed by atoms with Crippen LogP contribution in [0.1, 0.15) is 33.9 Å². The van der Waals surface area contributed by atoms with E-state index in [9.17, 15) is 19.5 Å². The number of hydrogen-bond acceptors (Lipinski definition) is 7. The summed E-state index contributed by atoms with van der Waals surface area (Å²) in [5.41, 5.74) is -1.44. The second-order valence-electron chi connectivity index (χ2n) is 5.98. The van der Waals surface area contributed by atoms with Crippen LogP contribution in [0.5, 0.6) is 0 Å². The largest absolute Gasteiger partial charge is 0.477 e. The SMILES string of the molecule is Cn1c(C(=O)O)cc(=O)n(Cc2nc(C[C@H](O)c3ccc(Cl)cc3)no2)c1=O. The van der Waals surface area contributed by atoms with Crippen LogP contribution in [0.3, 0.4) is 0 Å². The van der Waals surface area contributed by atoms with Crippen molar-refractivity contribution in [2.45, 2.75) is 19.1 Å². The number of aliphatic hydroxyl groups excluding tert-OH is 1. The van der Waals surface area contributed by atoms with E-state index in [2.05, 4.69) is 10.1 Å². The number of aromatic carboxylic acids is 1. The Morgan fingerprint density at radius 1 is 1.29 bits per heavy atom. The maximum absolute atomic E-state index is 12.2. The van der Waals surface area contributed by atoms with Crippen LogP contribution >= 0.6 is 11.6 Å². The van der Waals surface area contributed by atoms with Gasteiger partial charge >= 0.3 is 11.7 Å². The van der Waals surface area contributed by atoms with Crippen molar-refractivity contribution >= 4 is 17.6 Å². The average molecular weight is 407 g/mol. The van der Waals surface area contributed by atoms with Crippen LogP contribution in [0.15, 0.2) is 44.4 Å². The molecule has 1 atom stereocenters. The van der Waals surface area contributed by atoms with Crippen molar-refractivity contribution in [2.75, 3.05) is 0 Å². The Labute approximate surface area is 162 Å². The lowest BCUT2D eigenvalue weighted by atomic mass is 10.1. The summed E-state index contributed by atoms with van der Waals surface area (Å²) in [5, 5.41) is 23.5. The third-order valence-electron chi connectivity index (χ3n) is 4.06. The highest BCUT2D eigenvalue weighted by Crippen LogP contribution is 2.19. The van der Waals surface area contributed by atoms with Gasteiger partial charge in [-0.15, -0.1) is 0 Å². The first-order valence-corrected chi connectivity index (χ1v) is 8.43. The molecule has 0 saturated heterocycles. The molecule has 2 aromatic heterocycles. The van der Waals surface area contributed by atoms with E-state index in [1.807, 2.05) is 0 Å². The molecule has 0 amide bonds. The first-order valence-electron chi connectivity index (χ1n) is 8.05. The van der Waals surface area contributed by atoms with Crippen molar-refractivity contribution in [3.05, 3.63) is 79.2 Å². The number of benzene rings is 1. The Morgan fingerprint density at radius 2 is 1.96 bits per heavy atom. The van der Waals surface area contributed by atoms with Crippen LogP contribution in [-0.4, -0.2) is 35.5 Å². The number of nitrogens with zero attached hydrogens (tertiary/aromatic N) is 4. The smallest absolute Gasteiger partial charge is 0.352 e. The minimum Gasteiger partial charge on any atom is -0.477 e. The number of hydrogen-bond donors (Lipinski definition) is 2. The van der Waals surface area contributed by atoms with E-state index >= 15 is 0 Å². The number of halogens is 1. The highest BCUT2D eigenvalue weighted by Gasteiger charge is 2.18. The van der Waals surface area contributed by atoms with Crippen molar-refractivity contribution in [3.8, 4) is 0 Å². The zero-order valence-electron chi connectivity index (χ0n) is 14.6. The number of aromatic nitrogens is 4. The molecule has 28 heavy (non-hydrogen) atoms. The van der Waals surface area contributed by atoms with E-state index in [0.717, 1.165) is 15.2 Å². The first kappa shape index (κ1) is 19.5. The molecule has 146 valence electrons. The van der Waals surface area contributed by atoms with Crippen molar-refractivity contribution in [1.82, 2.24) is 19.3 Å². The Balaban J connectivity index is 1.79. The van der Waals surface area contributed by atoms with Gasteiger partial charge in [0.1, 0.15) is 12.2 Å². The van der Waals surface area contributed by atoms with E-state index < -0.39 is 29.0 Å². The molecule has 2 N–H and O–H groups in total. The summed E-state index contributed by atoms with van der Waals surface area (Å²) in [7, 11) is 1.24. The fourth-order valence-corrected chi connectivity index (χ4v) is 2.70. The molecule has 3 aromatic rings. The second-order valence-corrected chi connectivity index (χ2v) is 6.41. The zero-order chi connectivity index (χ0) is 20.4. The van der Waals surface area contributed by atoms with E-state index in [4.69, 9.17) is 21.2 Å². The summed E-state index contributed by atoms with van der Waals surface area (Å²) in [6.45, 7) is -0.324. The van der Waals surface area contributed by atoms with Gasteiger partial charge in [-0.2, -0.15) is 4.98 Å². The standard InChI is InChI=1S/C17H15ClN4O6/c1-21-11(16(25)26)6-15(24)22(17(21)27)8-14-19-13(20-28-14)7-12(23)9-2-4-10(18)5-3-9/h2-6,12,23H,7-8H2,1H3,(H,25,26)/t12-/m0/s1. The monoisotopic (exact) mass is 406 g/mol. The van der Waals surface area contributed by atoms with Crippen LogP contribution < -0.4 is 11.2 Å². The molecule has 0 aliphatic rings. The molecule has 0 spiro atoms. The topological polar surface area (TPSA) is 140 Å². The molecule has 1 aromatic carbocycles. The van der Waals surface area contributed by atoms with Gasteiger partial charge in [0.15, 0.2) is 5.82 Å². The van der Waals surface area contributed by atoms with Crippen LogP contribution in [-0.2, 0) is 20.0 Å². The van der Waals surface area contributed by atoms with Gasteiger partial charge in [-0.25, -0.2) is 9.59 Å². The number of aliphatic hydroxyl groups is 1. The molecule has 0 aliphatic heterocycles. The minimum atomic E-state index is -1.39. The molecule has 0 radical (unpaired) electrons. The summed E-state index contributed by atoms with van der Waals surface area (Å²) in [6, 6.07) is 7.46. The van der Waals surface area contributed by atoms with E-state index in [0.29, 0.717) is 10.6 Å². The van der Waals surface area contributed by atoms with Gasteiger partial charge in [-0.3, -0.25) is 13.9 Å². The van der Waals surface area contributed by atoms with E-state index in [1.165, 1.54) is 7.05 Å². The highest BCUT2D eigenvalue weighted by atomic mass is 35.5. The lowest BCUT2D eigenvalue weighted by Gasteiger charge is -2.08. The van der Waals surface area contributed by atoms with Gasteiger partial charge in [0.25, 0.3) is 5.56 Å². The van der Waals surface area contributed by atoms with Crippen molar-refractivity contribution < 1.29 is 19.5 Å². The van der Waals surface area contributed by atoms with Gasteiger partial charge in [-0.05, 0) is 17.7 Å². The van der Waals surface area contributed by atoms with E-state index in [-0.39, 0.29) is 24.7 Å². The Bertz CT molecular complexity index is 1130. The molecule has 2 heterocycles. The molecule has 11 heteroatoms. The van der Waals surface area contributed by atoms with Crippen LogP contribution in [0.4, 0.5) is 0 Å². The summed E-state index contributed by atoms with van der Waals surface area (Å²) in [6.07, 6.45) is -0.844. The van der Waals surface area contributed by atoms with Crippen LogP contribution in [0, 0.1) is 0 Å². The summed E-state index contributed by atoms with van der Waals surface area (Å²) in [5.74, 6) is -1.23. The lowest BCUT2D eigenvalue weighted by Crippen LogP contribution is -2.41. The summed E-state index contributed by atoms with van der Waals surface area (Å²) in [4.78, 5) is 39.4. The fourth-order valence-electron chi connectivity index (χ4n) is 2.57. The van der Waals surface area contributed by atoms with Crippen molar-refractivity contribution in [1.29, 1.82) is 0 Å². The average Bonchev–Trinajstić information content (AvgIpc) is 3.09. The van der Waals surface area contributed by atoms with Crippen LogP contribution in [0.2, 0.25) is 5.02 Å². The molecule has 0 unspecified atom stereocenters. The predicted octanol–water partition coefficient (Wildman–Crippen LogP) is 0.606. The van der Waals surface area contributed by atoms with Gasteiger partial charge in [-0.1, -0.05) is 28.9 Å². The predicted molar refractivity (Wildman–Crippen MR) is 96.4 cm³/mol. The third-order valence-corrected chi connectivity index (χ3v) is 4.31. The maximum Gasteiger partial charge on any atom is 0.352 e. The Morgan fingerprint density at radius 3 is 2.61 bits per heavy atom. The molecule has 0 saturated carbocycles. The Kier molecular flexibility index (Phi) is 5.43. The maximum atomic E-state index is 12.2. The lowest BCUT2D eigenvalue weighted by molar-refractivity contribution is 0.0683. The molecule has 10 nitrogen and oxygen atoms in total. The molecule has 0 aliphatic carbocycles. The van der Waals surface area contributed by atoms with Crippen molar-refractivity contribution in [2.24, 2.45) is 7.05 Å². The second kappa shape index (κ2) is 7.79. The minimum absolute atomic E-state index is 0.0272. The summed E-state index contributed by atoms with van der Waals surface area (Å²) < 4.78 is 6.65. The van der Waals surface area contributed by atoms with Crippen molar-refractivity contribution in [3.63, 3.8) is 0 Å². The van der Waals surface area contributed by atoms with Gasteiger partial charge in [0, 0.05) is 24.6 Å². The molecule has 0 fully saturated rings. The van der Waals surface area contributed by atoms with Gasteiger partial charge < -0.3 is 14.7 Å². The number of rotatable bonds is 6. The molecular weight excluding hydrogens is 392 g/mol. The first-order chi connectivity index (χ1) is 13.3. The van der Waals surface area contributed by atoms with Gasteiger partial charge in [0.2, 0.25) is 5.89 Å². The fraction of sp³-hybridized carbons (Fsp3) is 0.235.